The maximum Gasteiger partial charge on any atom is 0.342 e. The van der Waals surface area contributed by atoms with Crippen molar-refractivity contribution in [2.75, 3.05) is 44.8 Å². The van der Waals surface area contributed by atoms with E-state index in [1.807, 2.05) is 24.3 Å². The van der Waals surface area contributed by atoms with Crippen LogP contribution in [-0.2, 0) is 11.3 Å². The number of rotatable bonds is 8. The topological polar surface area (TPSA) is 98.5 Å². The monoisotopic (exact) mass is 549 g/mol. The minimum Gasteiger partial charge on any atom is -0.497 e. The minimum absolute atomic E-state index is 0.249. The van der Waals surface area contributed by atoms with Crippen LogP contribution in [0.3, 0.4) is 0 Å². The lowest BCUT2D eigenvalue weighted by Gasteiger charge is -2.34. The third kappa shape index (κ3) is 5.76. The highest BCUT2D eigenvalue weighted by atomic mass is 19.2. The molecule has 0 spiro atoms. The Morgan fingerprint density at radius 1 is 1.00 bits per heavy atom. The molecule has 0 radical (unpaired) electrons. The number of aryl methyl sites for hydroxylation is 1. The van der Waals surface area contributed by atoms with Crippen molar-refractivity contribution in [3.63, 3.8) is 0 Å². The Morgan fingerprint density at radius 2 is 1.75 bits per heavy atom. The molecule has 1 saturated heterocycles. The molecule has 10 nitrogen and oxygen atoms in total. The highest BCUT2D eigenvalue weighted by Crippen LogP contribution is 2.29. The number of methoxy groups -OCH3 is 1. The van der Waals surface area contributed by atoms with Gasteiger partial charge in [-0.15, -0.1) is 5.10 Å². The summed E-state index contributed by atoms with van der Waals surface area (Å²) in [7, 11) is 1.60. The quantitative estimate of drug-likeness (QED) is 0.304. The number of nitrogens with zero attached hydrogens (tertiary/aromatic N) is 7. The highest BCUT2D eigenvalue weighted by molar-refractivity contribution is 5.97. The van der Waals surface area contributed by atoms with E-state index >= 15 is 0 Å². The number of hydrogen-bond acceptors (Lipinski definition) is 9. The lowest BCUT2D eigenvalue weighted by molar-refractivity contribution is 0.0525. The number of carbonyl (C=O) groups excluding carboxylic acids is 1. The molecule has 0 N–H and O–H groups in total. The molecule has 208 valence electrons. The van der Waals surface area contributed by atoms with Crippen LogP contribution in [0.5, 0.6) is 5.75 Å². The van der Waals surface area contributed by atoms with Crippen LogP contribution in [0.15, 0.2) is 48.7 Å². The largest absolute Gasteiger partial charge is 0.497 e. The number of esters is 1. The van der Waals surface area contributed by atoms with Gasteiger partial charge < -0.3 is 14.4 Å². The van der Waals surface area contributed by atoms with Gasteiger partial charge in [-0.05, 0) is 50.2 Å². The van der Waals surface area contributed by atoms with Crippen LogP contribution in [0.2, 0.25) is 0 Å². The first-order valence-corrected chi connectivity index (χ1v) is 12.9. The van der Waals surface area contributed by atoms with Gasteiger partial charge in [0.05, 0.1) is 42.7 Å². The van der Waals surface area contributed by atoms with Crippen LogP contribution in [0.25, 0.3) is 16.9 Å². The molecular formula is C28H29F2N7O3. The Kier molecular flexibility index (Phi) is 7.96. The molecule has 2 aromatic heterocycles. The van der Waals surface area contributed by atoms with E-state index in [4.69, 9.17) is 14.5 Å². The molecule has 5 rings (SSSR count). The van der Waals surface area contributed by atoms with Gasteiger partial charge in [-0.3, -0.25) is 4.90 Å². The van der Waals surface area contributed by atoms with Gasteiger partial charge in [0.2, 0.25) is 5.95 Å². The number of aromatic nitrogens is 5. The van der Waals surface area contributed by atoms with Gasteiger partial charge in [0.25, 0.3) is 0 Å². The minimum atomic E-state index is -0.937. The second kappa shape index (κ2) is 11.7. The molecule has 1 fully saturated rings. The summed E-state index contributed by atoms with van der Waals surface area (Å²) in [6.45, 7) is 7.12. The fourth-order valence-electron chi connectivity index (χ4n) is 4.56. The lowest BCUT2D eigenvalue weighted by atomic mass is 10.0. The maximum absolute atomic E-state index is 13.6. The van der Waals surface area contributed by atoms with Crippen molar-refractivity contribution in [1.82, 2.24) is 29.9 Å². The Bertz CT molecular complexity index is 1500. The Hall–Kier alpha value is -4.45. The van der Waals surface area contributed by atoms with Gasteiger partial charge in [-0.25, -0.2) is 28.2 Å². The van der Waals surface area contributed by atoms with Crippen LogP contribution in [-0.4, -0.2) is 75.7 Å². The van der Waals surface area contributed by atoms with Crippen molar-refractivity contribution in [3.05, 3.63) is 77.2 Å². The number of benzene rings is 2. The van der Waals surface area contributed by atoms with Gasteiger partial charge in [0, 0.05) is 44.4 Å². The molecule has 2 aromatic carbocycles. The van der Waals surface area contributed by atoms with E-state index in [0.29, 0.717) is 59.7 Å². The zero-order chi connectivity index (χ0) is 28.2. The number of piperazine rings is 1. The second-order valence-corrected chi connectivity index (χ2v) is 9.30. The highest BCUT2D eigenvalue weighted by Gasteiger charge is 2.25. The zero-order valence-electron chi connectivity index (χ0n) is 22.5. The van der Waals surface area contributed by atoms with E-state index in [9.17, 15) is 13.6 Å². The van der Waals surface area contributed by atoms with Crippen LogP contribution in [0.4, 0.5) is 14.7 Å². The maximum atomic E-state index is 13.6. The van der Waals surface area contributed by atoms with Crippen molar-refractivity contribution < 1.29 is 23.0 Å². The molecule has 0 saturated carbocycles. The molecular weight excluding hydrogens is 520 g/mol. The van der Waals surface area contributed by atoms with Crippen molar-refractivity contribution in [2.45, 2.75) is 20.4 Å². The fourth-order valence-corrected chi connectivity index (χ4v) is 4.56. The summed E-state index contributed by atoms with van der Waals surface area (Å²) in [6, 6.07) is 11.0. The van der Waals surface area contributed by atoms with Crippen LogP contribution in [0.1, 0.15) is 28.7 Å². The van der Waals surface area contributed by atoms with Crippen LogP contribution < -0.4 is 9.64 Å². The SMILES string of the molecule is CCOC(=O)c1c(C)nc(N2CCN(Cc3cn(-c4ccc(F)c(F)c4)nn3)CC2)nc1-c1ccc(OC)cc1. The average molecular weight is 550 g/mol. The summed E-state index contributed by atoms with van der Waals surface area (Å²) < 4.78 is 38.9. The van der Waals surface area contributed by atoms with Crippen LogP contribution >= 0.6 is 0 Å². The zero-order valence-corrected chi connectivity index (χ0v) is 22.5. The normalized spacial score (nSPS) is 13.9. The van der Waals surface area contributed by atoms with Gasteiger partial charge >= 0.3 is 5.97 Å². The number of hydrogen-bond donors (Lipinski definition) is 0. The number of halogens is 2. The molecule has 1 aliphatic heterocycles. The summed E-state index contributed by atoms with van der Waals surface area (Å²) in [5, 5.41) is 8.25. The van der Waals surface area contributed by atoms with E-state index < -0.39 is 17.6 Å². The van der Waals surface area contributed by atoms with Crippen molar-refractivity contribution in [1.29, 1.82) is 0 Å². The number of ether oxygens (including phenoxy) is 2. The summed E-state index contributed by atoms with van der Waals surface area (Å²) in [5.41, 5.74) is 3.28. The fraction of sp³-hybridized carbons (Fsp3) is 0.321. The van der Waals surface area contributed by atoms with Gasteiger partial charge in [0.1, 0.15) is 11.3 Å². The van der Waals surface area contributed by atoms with E-state index in [1.54, 1.807) is 27.2 Å². The molecule has 0 aliphatic carbocycles. The first-order chi connectivity index (χ1) is 19.4. The third-order valence-corrected chi connectivity index (χ3v) is 6.67. The second-order valence-electron chi connectivity index (χ2n) is 9.30. The molecule has 1 aliphatic rings. The first kappa shape index (κ1) is 27.1. The number of carbonyl (C=O) groups is 1. The summed E-state index contributed by atoms with van der Waals surface area (Å²) in [4.78, 5) is 26.6. The lowest BCUT2D eigenvalue weighted by Crippen LogP contribution is -2.46. The van der Waals surface area contributed by atoms with Gasteiger partial charge in [-0.2, -0.15) is 0 Å². The van der Waals surface area contributed by atoms with E-state index in [-0.39, 0.29) is 6.61 Å². The molecule has 3 heterocycles. The van der Waals surface area contributed by atoms with E-state index in [2.05, 4.69) is 25.1 Å². The molecule has 0 unspecified atom stereocenters. The molecule has 0 amide bonds. The predicted molar refractivity (Wildman–Crippen MR) is 143 cm³/mol. The Morgan fingerprint density at radius 3 is 2.42 bits per heavy atom. The standard InChI is InChI=1S/C28H29F2N7O3/c1-4-40-27(38)25-18(2)31-28(32-26(25)19-5-8-22(39-3)9-6-19)36-13-11-35(12-14-36)16-20-17-37(34-33-20)21-7-10-23(29)24(30)15-21/h5-10,15,17H,4,11-14,16H2,1-3H3. The molecule has 40 heavy (non-hydrogen) atoms. The summed E-state index contributed by atoms with van der Waals surface area (Å²) in [5.74, 6) is -1.06. The smallest absolute Gasteiger partial charge is 0.342 e. The predicted octanol–water partition coefficient (Wildman–Crippen LogP) is 3.82. The first-order valence-electron chi connectivity index (χ1n) is 12.9. The van der Waals surface area contributed by atoms with Crippen molar-refractivity contribution in [3.8, 4) is 22.7 Å². The molecule has 4 aromatic rings. The number of anilines is 1. The van der Waals surface area contributed by atoms with Crippen molar-refractivity contribution in [2.24, 2.45) is 0 Å². The summed E-state index contributed by atoms with van der Waals surface area (Å²) in [6.07, 6.45) is 1.71. The molecule has 0 bridgehead atoms. The Labute approximate surface area is 230 Å². The molecule has 0 atom stereocenters. The Balaban J connectivity index is 1.30. The van der Waals surface area contributed by atoms with Gasteiger partial charge in [-0.1, -0.05) is 5.21 Å². The van der Waals surface area contributed by atoms with E-state index in [1.165, 1.54) is 10.7 Å². The average Bonchev–Trinajstić information content (AvgIpc) is 3.43. The summed E-state index contributed by atoms with van der Waals surface area (Å²) >= 11 is 0. The van der Waals surface area contributed by atoms with Gasteiger partial charge in [0.15, 0.2) is 11.6 Å². The third-order valence-electron chi connectivity index (χ3n) is 6.67. The van der Waals surface area contributed by atoms with E-state index in [0.717, 1.165) is 30.8 Å². The molecule has 12 heteroatoms. The van der Waals surface area contributed by atoms with Crippen LogP contribution in [0, 0.1) is 18.6 Å². The van der Waals surface area contributed by atoms with Crippen molar-refractivity contribution >= 4 is 11.9 Å².